The number of ether oxygens (including phenoxy) is 2. The first kappa shape index (κ1) is 21.8. The minimum atomic E-state index is 0.373. The molecule has 2 N–H and O–H groups in total. The number of anilines is 2. The molecule has 0 unspecified atom stereocenters. The molecule has 0 radical (unpaired) electrons. The molecular weight excluding hydrogens is 466 g/mol. The van der Waals surface area contributed by atoms with Gasteiger partial charge in [0.05, 0.1) is 10.4 Å². The number of halogens is 1. The fourth-order valence-electron chi connectivity index (χ4n) is 4.37. The van der Waals surface area contributed by atoms with Gasteiger partial charge in [-0.05, 0) is 62.8 Å². The van der Waals surface area contributed by atoms with Crippen molar-refractivity contribution in [3.63, 3.8) is 0 Å². The summed E-state index contributed by atoms with van der Waals surface area (Å²) in [7, 11) is 2.13. The molecule has 4 heterocycles. The fraction of sp³-hybridized carbons (Fsp3) is 0.231. The van der Waals surface area contributed by atoms with E-state index in [1.54, 1.807) is 6.20 Å². The summed E-state index contributed by atoms with van der Waals surface area (Å²) >= 11 is 6.37. The van der Waals surface area contributed by atoms with Gasteiger partial charge in [-0.2, -0.15) is 4.98 Å². The Labute approximate surface area is 206 Å². The van der Waals surface area contributed by atoms with E-state index in [0.29, 0.717) is 46.3 Å². The van der Waals surface area contributed by atoms with Crippen LogP contribution >= 0.6 is 11.6 Å². The fourth-order valence-corrected chi connectivity index (χ4v) is 4.54. The van der Waals surface area contributed by atoms with E-state index in [1.807, 2.05) is 54.7 Å². The van der Waals surface area contributed by atoms with Crippen LogP contribution in [0.3, 0.4) is 0 Å². The lowest BCUT2D eigenvalue weighted by atomic mass is 10.2. The predicted octanol–water partition coefficient (Wildman–Crippen LogP) is 6.37. The molecule has 0 aliphatic carbocycles. The van der Waals surface area contributed by atoms with Gasteiger partial charge in [0.1, 0.15) is 35.0 Å². The van der Waals surface area contributed by atoms with E-state index in [0.717, 1.165) is 35.4 Å². The average molecular weight is 490 g/mol. The maximum absolute atomic E-state index is 6.37. The van der Waals surface area contributed by atoms with Crippen molar-refractivity contribution in [2.24, 2.45) is 0 Å². The zero-order valence-electron chi connectivity index (χ0n) is 19.1. The Kier molecular flexibility index (Phi) is 5.67. The SMILES string of the molecule is CN1CCC[C@H]1COc1cc(Nc2nc3cc(Oc4ccnc5[nH]ccc45)ccc3o2)ccc1Cl. The number of oxazole rings is 1. The molecule has 178 valence electrons. The third kappa shape index (κ3) is 4.50. The number of aromatic nitrogens is 3. The van der Waals surface area contributed by atoms with Crippen LogP contribution in [0.1, 0.15) is 12.8 Å². The molecule has 6 rings (SSSR count). The van der Waals surface area contributed by atoms with Crippen molar-refractivity contribution in [1.29, 1.82) is 0 Å². The number of hydrogen-bond donors (Lipinski definition) is 2. The number of rotatable bonds is 7. The predicted molar refractivity (Wildman–Crippen MR) is 136 cm³/mol. The lowest BCUT2D eigenvalue weighted by Gasteiger charge is -2.20. The van der Waals surface area contributed by atoms with E-state index >= 15 is 0 Å². The van der Waals surface area contributed by atoms with Crippen LogP contribution in [0.25, 0.3) is 22.1 Å². The molecule has 0 saturated carbocycles. The van der Waals surface area contributed by atoms with E-state index in [2.05, 4.69) is 32.2 Å². The van der Waals surface area contributed by atoms with Gasteiger partial charge in [0, 0.05) is 36.3 Å². The highest BCUT2D eigenvalue weighted by atomic mass is 35.5. The molecule has 3 aromatic heterocycles. The number of aromatic amines is 1. The van der Waals surface area contributed by atoms with Crippen molar-refractivity contribution in [3.8, 4) is 17.2 Å². The van der Waals surface area contributed by atoms with Gasteiger partial charge in [-0.3, -0.25) is 0 Å². The Morgan fingerprint density at radius 1 is 1.17 bits per heavy atom. The molecule has 9 heteroatoms. The summed E-state index contributed by atoms with van der Waals surface area (Å²) < 4.78 is 18.0. The normalized spacial score (nSPS) is 16.2. The molecule has 1 aliphatic rings. The topological polar surface area (TPSA) is 88.4 Å². The molecule has 0 spiro atoms. The van der Waals surface area contributed by atoms with Crippen LogP contribution in [-0.2, 0) is 0 Å². The van der Waals surface area contributed by atoms with Crippen molar-refractivity contribution in [3.05, 3.63) is 65.9 Å². The zero-order chi connectivity index (χ0) is 23.8. The Balaban J connectivity index is 1.18. The Morgan fingerprint density at radius 3 is 3.00 bits per heavy atom. The number of hydrogen-bond acceptors (Lipinski definition) is 7. The largest absolute Gasteiger partial charge is 0.490 e. The average Bonchev–Trinajstić information content (AvgIpc) is 3.59. The minimum absolute atomic E-state index is 0.373. The highest BCUT2D eigenvalue weighted by Crippen LogP contribution is 2.33. The number of nitrogens with one attached hydrogen (secondary N) is 2. The monoisotopic (exact) mass is 489 g/mol. The second kappa shape index (κ2) is 9.13. The maximum Gasteiger partial charge on any atom is 0.300 e. The molecule has 8 nitrogen and oxygen atoms in total. The van der Waals surface area contributed by atoms with E-state index in [-0.39, 0.29) is 0 Å². The summed E-state index contributed by atoms with van der Waals surface area (Å²) in [6, 6.07) is 15.6. The number of H-pyrrole nitrogens is 1. The van der Waals surface area contributed by atoms with Gasteiger partial charge in [-0.25, -0.2) is 4.98 Å². The highest BCUT2D eigenvalue weighted by molar-refractivity contribution is 6.32. The number of nitrogens with zero attached hydrogens (tertiary/aromatic N) is 3. The van der Waals surface area contributed by atoms with Crippen LogP contribution in [0, 0.1) is 0 Å². The quantitative estimate of drug-likeness (QED) is 0.274. The first-order valence-corrected chi connectivity index (χ1v) is 11.9. The van der Waals surface area contributed by atoms with Crippen LogP contribution in [0.4, 0.5) is 11.7 Å². The van der Waals surface area contributed by atoms with Crippen LogP contribution < -0.4 is 14.8 Å². The zero-order valence-corrected chi connectivity index (χ0v) is 19.9. The number of benzene rings is 2. The molecule has 1 saturated heterocycles. The standard InChI is InChI=1S/C26H24ClN5O3/c1-32-12-2-3-17(32)15-33-24-13-16(4-6-20(24)27)30-26-31-21-14-18(5-7-23(21)35-26)34-22-9-11-29-25-19(22)8-10-28-25/h4-11,13-14,17H,2-3,12,15H2,1H3,(H,28,29)(H,30,31)/t17-/m0/s1. The number of pyridine rings is 1. The smallest absolute Gasteiger partial charge is 0.300 e. The van der Waals surface area contributed by atoms with E-state index in [9.17, 15) is 0 Å². The van der Waals surface area contributed by atoms with Gasteiger partial charge in [0.2, 0.25) is 0 Å². The van der Waals surface area contributed by atoms with Crippen LogP contribution in [0.5, 0.6) is 17.2 Å². The van der Waals surface area contributed by atoms with E-state index < -0.39 is 0 Å². The summed E-state index contributed by atoms with van der Waals surface area (Å²) in [4.78, 5) is 14.3. The van der Waals surface area contributed by atoms with E-state index in [1.165, 1.54) is 6.42 Å². The number of fused-ring (bicyclic) bond motifs is 2. The van der Waals surface area contributed by atoms with E-state index in [4.69, 9.17) is 25.5 Å². The van der Waals surface area contributed by atoms with Gasteiger partial charge in [0.25, 0.3) is 6.01 Å². The Bertz CT molecular complexity index is 1500. The third-order valence-electron chi connectivity index (χ3n) is 6.29. The summed E-state index contributed by atoms with van der Waals surface area (Å²) in [5.74, 6) is 2.01. The maximum atomic E-state index is 6.37. The number of likely N-dealkylation sites (tertiary alicyclic amines) is 1. The summed E-state index contributed by atoms with van der Waals surface area (Å²) in [6.45, 7) is 1.71. The van der Waals surface area contributed by atoms with Gasteiger partial charge in [-0.15, -0.1) is 0 Å². The van der Waals surface area contributed by atoms with Gasteiger partial charge in [0.15, 0.2) is 5.58 Å². The molecule has 0 bridgehead atoms. The van der Waals surface area contributed by atoms with Gasteiger partial charge < -0.3 is 29.1 Å². The van der Waals surface area contributed by atoms with Crippen molar-refractivity contribution in [2.45, 2.75) is 18.9 Å². The minimum Gasteiger partial charge on any atom is -0.490 e. The summed E-state index contributed by atoms with van der Waals surface area (Å²) in [6.07, 6.45) is 5.88. The molecule has 1 atom stereocenters. The molecule has 0 amide bonds. The Morgan fingerprint density at radius 2 is 2.11 bits per heavy atom. The molecular formula is C26H24ClN5O3. The van der Waals surface area contributed by atoms with Crippen LogP contribution in [0.15, 0.2) is 65.3 Å². The lowest BCUT2D eigenvalue weighted by molar-refractivity contribution is 0.198. The first-order valence-electron chi connectivity index (χ1n) is 11.5. The summed E-state index contributed by atoms with van der Waals surface area (Å²) in [5, 5.41) is 4.69. The highest BCUT2D eigenvalue weighted by Gasteiger charge is 2.21. The van der Waals surface area contributed by atoms with Gasteiger partial charge >= 0.3 is 0 Å². The van der Waals surface area contributed by atoms with Crippen molar-refractivity contribution >= 4 is 45.4 Å². The van der Waals surface area contributed by atoms with Crippen molar-refractivity contribution in [2.75, 3.05) is 25.5 Å². The van der Waals surface area contributed by atoms with Crippen LogP contribution in [0.2, 0.25) is 5.02 Å². The van der Waals surface area contributed by atoms with Crippen molar-refractivity contribution in [1.82, 2.24) is 19.9 Å². The molecule has 1 fully saturated rings. The summed E-state index contributed by atoms with van der Waals surface area (Å²) in [5.41, 5.74) is 2.88. The molecule has 2 aromatic carbocycles. The second-order valence-corrected chi connectivity index (χ2v) is 9.06. The third-order valence-corrected chi connectivity index (χ3v) is 6.60. The molecule has 1 aliphatic heterocycles. The molecule has 5 aromatic rings. The first-order chi connectivity index (χ1) is 17.1. The Hall–Kier alpha value is -3.75. The van der Waals surface area contributed by atoms with Gasteiger partial charge in [-0.1, -0.05) is 11.6 Å². The second-order valence-electron chi connectivity index (χ2n) is 8.66. The molecule has 35 heavy (non-hydrogen) atoms. The number of likely N-dealkylation sites (N-methyl/N-ethyl adjacent to an activating group) is 1. The lowest BCUT2D eigenvalue weighted by Crippen LogP contribution is -2.30. The van der Waals surface area contributed by atoms with Crippen LogP contribution in [-0.4, -0.2) is 46.1 Å². The van der Waals surface area contributed by atoms with Crippen molar-refractivity contribution < 1.29 is 13.9 Å².